The maximum Gasteiger partial charge on any atom is 0.235 e. The van der Waals surface area contributed by atoms with Crippen molar-refractivity contribution in [3.05, 3.63) is 24.0 Å². The zero-order valence-electron chi connectivity index (χ0n) is 10.5. The van der Waals surface area contributed by atoms with Crippen molar-refractivity contribution < 1.29 is 21.2 Å². The zero-order chi connectivity index (χ0) is 15.0. The van der Waals surface area contributed by atoms with Crippen LogP contribution < -0.4 is 10.5 Å². The molecule has 9 heteroatoms. The molecule has 1 aromatic rings. The van der Waals surface area contributed by atoms with E-state index in [4.69, 9.17) is 5.73 Å². The predicted molar refractivity (Wildman–Crippen MR) is 75.0 cm³/mol. The van der Waals surface area contributed by atoms with Crippen LogP contribution >= 0.6 is 0 Å². The fourth-order valence-corrected chi connectivity index (χ4v) is 5.31. The number of halogens is 1. The second-order valence-corrected chi connectivity index (χ2v) is 9.00. The summed E-state index contributed by atoms with van der Waals surface area (Å²) in [6.07, 6.45) is 0.0310. The third kappa shape index (κ3) is 3.40. The summed E-state index contributed by atoms with van der Waals surface area (Å²) in [6, 6.07) is 3.57. The molecule has 0 radical (unpaired) electrons. The van der Waals surface area contributed by atoms with E-state index in [9.17, 15) is 21.2 Å². The lowest BCUT2D eigenvalue weighted by Gasteiger charge is -2.22. The molecule has 6 nitrogen and oxygen atoms in total. The van der Waals surface area contributed by atoms with Crippen LogP contribution in [0.3, 0.4) is 0 Å². The number of sulfone groups is 1. The standard InChI is InChI=1S/C11H15FN2O4S2/c12-10-2-1-8(13)7-11(10)14-20(17,18)9-3-5-19(15,16)6-4-9/h1-2,7,9,14H,3-6,13H2. The zero-order valence-corrected chi connectivity index (χ0v) is 12.2. The molecule has 1 aromatic carbocycles. The number of sulfonamides is 1. The van der Waals surface area contributed by atoms with E-state index < -0.39 is 30.9 Å². The first kappa shape index (κ1) is 15.0. The molecule has 0 bridgehead atoms. The van der Waals surface area contributed by atoms with Crippen LogP contribution in [0.4, 0.5) is 15.8 Å². The molecule has 1 aliphatic heterocycles. The van der Waals surface area contributed by atoms with Crippen LogP contribution in [-0.4, -0.2) is 33.6 Å². The highest BCUT2D eigenvalue weighted by Gasteiger charge is 2.33. The maximum absolute atomic E-state index is 13.5. The average molecular weight is 322 g/mol. The van der Waals surface area contributed by atoms with E-state index >= 15 is 0 Å². The van der Waals surface area contributed by atoms with E-state index in [1.807, 2.05) is 0 Å². The van der Waals surface area contributed by atoms with Crippen molar-refractivity contribution >= 4 is 31.2 Å². The van der Waals surface area contributed by atoms with Gasteiger partial charge in [-0.05, 0) is 31.0 Å². The van der Waals surface area contributed by atoms with Crippen LogP contribution in [0.5, 0.6) is 0 Å². The number of hydrogen-bond donors (Lipinski definition) is 2. The molecule has 112 valence electrons. The number of benzene rings is 1. The fourth-order valence-electron chi connectivity index (χ4n) is 2.04. The SMILES string of the molecule is Nc1ccc(F)c(NS(=O)(=O)C2CCS(=O)(=O)CC2)c1. The molecule has 1 fully saturated rings. The molecular formula is C11H15FN2O4S2. The normalized spacial score (nSPS) is 19.6. The number of nitrogens with two attached hydrogens (primary N) is 1. The van der Waals surface area contributed by atoms with Crippen molar-refractivity contribution in [2.75, 3.05) is 22.0 Å². The third-order valence-corrected chi connectivity index (χ3v) is 6.75. The molecule has 0 aromatic heterocycles. The first-order valence-corrected chi connectivity index (χ1v) is 9.33. The molecule has 3 N–H and O–H groups in total. The summed E-state index contributed by atoms with van der Waals surface area (Å²) in [4.78, 5) is 0. The molecule has 0 atom stereocenters. The van der Waals surface area contributed by atoms with Gasteiger partial charge in [-0.3, -0.25) is 4.72 Å². The van der Waals surface area contributed by atoms with E-state index in [-0.39, 0.29) is 35.7 Å². The minimum atomic E-state index is -3.84. The highest BCUT2D eigenvalue weighted by Crippen LogP contribution is 2.24. The van der Waals surface area contributed by atoms with Gasteiger partial charge in [-0.1, -0.05) is 0 Å². The average Bonchev–Trinajstić information content (AvgIpc) is 2.33. The Labute approximate surface area is 117 Å². The van der Waals surface area contributed by atoms with E-state index in [0.29, 0.717) is 0 Å². The van der Waals surface area contributed by atoms with Crippen LogP contribution in [0, 0.1) is 5.82 Å². The van der Waals surface area contributed by atoms with E-state index in [0.717, 1.165) is 6.07 Å². The van der Waals surface area contributed by atoms with Crippen LogP contribution in [0.1, 0.15) is 12.8 Å². The van der Waals surface area contributed by atoms with Gasteiger partial charge in [0.2, 0.25) is 10.0 Å². The minimum Gasteiger partial charge on any atom is -0.399 e. The van der Waals surface area contributed by atoms with Gasteiger partial charge < -0.3 is 5.73 Å². The van der Waals surface area contributed by atoms with Gasteiger partial charge in [-0.2, -0.15) is 0 Å². The molecule has 1 saturated heterocycles. The molecule has 0 unspecified atom stereocenters. The number of anilines is 2. The first-order valence-electron chi connectivity index (χ1n) is 5.97. The second kappa shape index (κ2) is 5.21. The summed E-state index contributed by atoms with van der Waals surface area (Å²) in [5, 5.41) is -0.841. The topological polar surface area (TPSA) is 106 Å². The molecular weight excluding hydrogens is 307 g/mol. The van der Waals surface area contributed by atoms with Gasteiger partial charge >= 0.3 is 0 Å². The quantitative estimate of drug-likeness (QED) is 0.798. The smallest absolute Gasteiger partial charge is 0.235 e. The Morgan fingerprint density at radius 1 is 1.25 bits per heavy atom. The van der Waals surface area contributed by atoms with Crippen molar-refractivity contribution in [3.8, 4) is 0 Å². The Kier molecular flexibility index (Phi) is 3.92. The van der Waals surface area contributed by atoms with Crippen LogP contribution in [0.15, 0.2) is 18.2 Å². The highest BCUT2D eigenvalue weighted by molar-refractivity contribution is 7.94. The third-order valence-electron chi connectivity index (χ3n) is 3.18. The van der Waals surface area contributed by atoms with E-state index in [2.05, 4.69) is 4.72 Å². The largest absolute Gasteiger partial charge is 0.399 e. The number of rotatable bonds is 3. The lowest BCUT2D eigenvalue weighted by atomic mass is 10.2. The Hall–Kier alpha value is -1.35. The first-order chi connectivity index (χ1) is 9.20. The van der Waals surface area contributed by atoms with Crippen molar-refractivity contribution in [2.45, 2.75) is 18.1 Å². The molecule has 1 heterocycles. The summed E-state index contributed by atoms with van der Waals surface area (Å²) in [7, 11) is -6.99. The lowest BCUT2D eigenvalue weighted by Crippen LogP contribution is -2.36. The van der Waals surface area contributed by atoms with Crippen molar-refractivity contribution in [1.82, 2.24) is 0 Å². The van der Waals surface area contributed by atoms with Gasteiger partial charge in [-0.25, -0.2) is 21.2 Å². The summed E-state index contributed by atoms with van der Waals surface area (Å²) in [6.45, 7) is 0. The molecule has 1 aliphatic rings. The molecule has 0 saturated carbocycles. The molecule has 20 heavy (non-hydrogen) atoms. The lowest BCUT2D eigenvalue weighted by molar-refractivity contribution is 0.555. The summed E-state index contributed by atoms with van der Waals surface area (Å²) >= 11 is 0. The van der Waals surface area contributed by atoms with Gasteiger partial charge in [0.1, 0.15) is 15.7 Å². The fraction of sp³-hybridized carbons (Fsp3) is 0.455. The summed E-state index contributed by atoms with van der Waals surface area (Å²) in [5.41, 5.74) is 5.49. The van der Waals surface area contributed by atoms with Crippen LogP contribution in [0.25, 0.3) is 0 Å². The van der Waals surface area contributed by atoms with E-state index in [1.165, 1.54) is 12.1 Å². The molecule has 0 aliphatic carbocycles. The molecule has 2 rings (SSSR count). The van der Waals surface area contributed by atoms with Gasteiger partial charge in [0, 0.05) is 5.69 Å². The Morgan fingerprint density at radius 3 is 2.45 bits per heavy atom. The van der Waals surface area contributed by atoms with E-state index in [1.54, 1.807) is 0 Å². The Balaban J connectivity index is 2.18. The summed E-state index contributed by atoms with van der Waals surface area (Å²) in [5.74, 6) is -1.07. The summed E-state index contributed by atoms with van der Waals surface area (Å²) < 4.78 is 62.5. The number of hydrogen-bond acceptors (Lipinski definition) is 5. The van der Waals surface area contributed by atoms with Crippen LogP contribution in [-0.2, 0) is 19.9 Å². The number of nitrogen functional groups attached to an aromatic ring is 1. The molecule has 0 amide bonds. The van der Waals surface area contributed by atoms with Crippen LogP contribution in [0.2, 0.25) is 0 Å². The second-order valence-electron chi connectivity index (χ2n) is 4.74. The van der Waals surface area contributed by atoms with Gasteiger partial charge in [-0.15, -0.1) is 0 Å². The van der Waals surface area contributed by atoms with Gasteiger partial charge in [0.25, 0.3) is 0 Å². The predicted octanol–water partition coefficient (Wildman–Crippen LogP) is 0.727. The number of nitrogens with one attached hydrogen (secondary N) is 1. The van der Waals surface area contributed by atoms with Crippen molar-refractivity contribution in [3.63, 3.8) is 0 Å². The Morgan fingerprint density at radius 2 is 1.85 bits per heavy atom. The monoisotopic (exact) mass is 322 g/mol. The highest BCUT2D eigenvalue weighted by atomic mass is 32.2. The maximum atomic E-state index is 13.5. The Bertz CT molecular complexity index is 702. The molecule has 0 spiro atoms. The minimum absolute atomic E-state index is 0.0155. The van der Waals surface area contributed by atoms with Gasteiger partial charge in [0.15, 0.2) is 0 Å². The van der Waals surface area contributed by atoms with Crippen molar-refractivity contribution in [2.24, 2.45) is 0 Å². The van der Waals surface area contributed by atoms with Crippen molar-refractivity contribution in [1.29, 1.82) is 0 Å². The van der Waals surface area contributed by atoms with Gasteiger partial charge in [0.05, 0.1) is 22.4 Å².